The highest BCUT2D eigenvalue weighted by Crippen LogP contribution is 2.04. The summed E-state index contributed by atoms with van der Waals surface area (Å²) in [6.07, 6.45) is 6.58. The molecule has 2 unspecified atom stereocenters. The van der Waals surface area contributed by atoms with Crippen LogP contribution in [-0.2, 0) is 0 Å². The van der Waals surface area contributed by atoms with E-state index in [1.54, 1.807) is 0 Å². The van der Waals surface area contributed by atoms with Crippen molar-refractivity contribution in [3.63, 3.8) is 0 Å². The van der Waals surface area contributed by atoms with E-state index in [1.807, 2.05) is 6.92 Å². The smallest absolute Gasteiger partial charge is 0.00561 e. The number of unbranched alkanes of at least 4 members (excludes halogenated alkanes) is 2. The minimum atomic E-state index is 0.236. The van der Waals surface area contributed by atoms with Gasteiger partial charge in [0.15, 0.2) is 0 Å². The second-order valence-electron chi connectivity index (χ2n) is 3.29. The van der Waals surface area contributed by atoms with E-state index in [0.717, 1.165) is 12.8 Å². The van der Waals surface area contributed by atoms with Crippen molar-refractivity contribution in [2.45, 2.75) is 51.6 Å². The first kappa shape index (κ1) is 10.9. The van der Waals surface area contributed by atoms with Gasteiger partial charge in [0.25, 0.3) is 0 Å². The van der Waals surface area contributed by atoms with Crippen LogP contribution in [-0.4, -0.2) is 12.1 Å². The Morgan fingerprint density at radius 2 is 2.00 bits per heavy atom. The van der Waals surface area contributed by atoms with Gasteiger partial charge in [-0.15, -0.1) is 0 Å². The second kappa shape index (κ2) is 6.62. The molecule has 0 aliphatic carbocycles. The van der Waals surface area contributed by atoms with Gasteiger partial charge in [-0.25, -0.2) is 0 Å². The minimum Gasteiger partial charge on any atom is -0.328 e. The van der Waals surface area contributed by atoms with Crippen molar-refractivity contribution in [2.75, 3.05) is 0 Å². The molecule has 0 aliphatic rings. The van der Waals surface area contributed by atoms with Gasteiger partial charge in [-0.05, 0) is 26.2 Å². The molecule has 1 radical (unpaired) electrons. The van der Waals surface area contributed by atoms with Crippen molar-refractivity contribution < 1.29 is 0 Å². The fraction of sp³-hybridized carbons (Fsp3) is 0.889. The van der Waals surface area contributed by atoms with E-state index in [-0.39, 0.29) is 12.1 Å². The van der Waals surface area contributed by atoms with Gasteiger partial charge in [-0.1, -0.05) is 19.8 Å². The number of hydrogen-bond acceptors (Lipinski definition) is 2. The first-order valence-corrected chi connectivity index (χ1v) is 4.49. The fourth-order valence-corrected chi connectivity index (χ4v) is 1.11. The van der Waals surface area contributed by atoms with Crippen molar-refractivity contribution in [3.8, 4) is 0 Å². The Morgan fingerprint density at radius 3 is 2.45 bits per heavy atom. The molecular weight excluding hydrogens is 136 g/mol. The first-order valence-electron chi connectivity index (χ1n) is 4.49. The van der Waals surface area contributed by atoms with Crippen molar-refractivity contribution in [2.24, 2.45) is 11.5 Å². The molecule has 0 aromatic rings. The van der Waals surface area contributed by atoms with Crippen LogP contribution in [0.3, 0.4) is 0 Å². The summed E-state index contributed by atoms with van der Waals surface area (Å²) in [5.74, 6) is 0. The molecule has 0 spiro atoms. The maximum Gasteiger partial charge on any atom is 0.00561 e. The summed E-state index contributed by atoms with van der Waals surface area (Å²) < 4.78 is 0. The quantitative estimate of drug-likeness (QED) is 0.573. The molecule has 0 rings (SSSR count). The highest BCUT2D eigenvalue weighted by molar-refractivity contribution is 4.75. The molecule has 4 N–H and O–H groups in total. The Kier molecular flexibility index (Phi) is 6.57. The predicted molar refractivity (Wildman–Crippen MR) is 50.1 cm³/mol. The van der Waals surface area contributed by atoms with E-state index in [2.05, 4.69) is 13.3 Å². The standard InChI is InChI=1S/C9H21N2/c1-3-4-5-6-9(11)7-8(2)10/h5,8-9H,3-4,6-7,10-11H2,1-2H3. The molecule has 0 bridgehead atoms. The van der Waals surface area contributed by atoms with Gasteiger partial charge in [0, 0.05) is 12.1 Å². The Balaban J connectivity index is 3.15. The zero-order chi connectivity index (χ0) is 8.69. The third-order valence-electron chi connectivity index (χ3n) is 1.64. The lowest BCUT2D eigenvalue weighted by Crippen LogP contribution is -2.29. The maximum absolute atomic E-state index is 5.80. The second-order valence-corrected chi connectivity index (χ2v) is 3.29. The number of hydrogen-bond donors (Lipinski definition) is 2. The molecule has 0 aromatic heterocycles. The molecule has 2 heteroatoms. The lowest BCUT2D eigenvalue weighted by atomic mass is 10.0. The van der Waals surface area contributed by atoms with Crippen LogP contribution in [0.25, 0.3) is 0 Å². The first-order chi connectivity index (χ1) is 5.16. The molecule has 0 fully saturated rings. The van der Waals surface area contributed by atoms with E-state index in [9.17, 15) is 0 Å². The Bertz CT molecular complexity index is 81.6. The Hall–Kier alpha value is -0.0800. The summed E-state index contributed by atoms with van der Waals surface area (Å²) in [6.45, 7) is 4.17. The summed E-state index contributed by atoms with van der Waals surface area (Å²) in [4.78, 5) is 0. The normalized spacial score (nSPS) is 16.4. The minimum absolute atomic E-state index is 0.236. The van der Waals surface area contributed by atoms with Gasteiger partial charge < -0.3 is 11.5 Å². The van der Waals surface area contributed by atoms with Crippen molar-refractivity contribution in [1.29, 1.82) is 0 Å². The van der Waals surface area contributed by atoms with E-state index < -0.39 is 0 Å². The molecule has 0 saturated carbocycles. The van der Waals surface area contributed by atoms with Crippen molar-refractivity contribution in [1.82, 2.24) is 0 Å². The molecular formula is C9H21N2. The van der Waals surface area contributed by atoms with Crippen molar-refractivity contribution >= 4 is 0 Å². The van der Waals surface area contributed by atoms with Crippen LogP contribution < -0.4 is 11.5 Å². The third-order valence-corrected chi connectivity index (χ3v) is 1.64. The molecule has 2 atom stereocenters. The molecule has 0 heterocycles. The van der Waals surface area contributed by atoms with E-state index in [4.69, 9.17) is 11.5 Å². The molecule has 0 aliphatic heterocycles. The monoisotopic (exact) mass is 157 g/mol. The lowest BCUT2D eigenvalue weighted by Gasteiger charge is -2.12. The van der Waals surface area contributed by atoms with Crippen molar-refractivity contribution in [3.05, 3.63) is 6.42 Å². The molecule has 2 nitrogen and oxygen atoms in total. The fourth-order valence-electron chi connectivity index (χ4n) is 1.11. The SMILES string of the molecule is CCC[CH]CC(N)CC(C)N. The highest BCUT2D eigenvalue weighted by atomic mass is 14.7. The van der Waals surface area contributed by atoms with Gasteiger partial charge >= 0.3 is 0 Å². The van der Waals surface area contributed by atoms with Gasteiger partial charge in [-0.3, -0.25) is 0 Å². The zero-order valence-corrected chi connectivity index (χ0v) is 7.72. The van der Waals surface area contributed by atoms with Crippen LogP contribution in [0.4, 0.5) is 0 Å². The largest absolute Gasteiger partial charge is 0.328 e. The summed E-state index contributed by atoms with van der Waals surface area (Å²) >= 11 is 0. The van der Waals surface area contributed by atoms with E-state index >= 15 is 0 Å². The Labute approximate surface area is 70.3 Å². The summed E-state index contributed by atoms with van der Waals surface area (Å²) in [5.41, 5.74) is 11.4. The average Bonchev–Trinajstić information content (AvgIpc) is 1.86. The van der Waals surface area contributed by atoms with Gasteiger partial charge in [0.1, 0.15) is 0 Å². The zero-order valence-electron chi connectivity index (χ0n) is 7.72. The summed E-state index contributed by atoms with van der Waals surface area (Å²) in [6, 6.07) is 0.501. The number of nitrogens with two attached hydrogens (primary N) is 2. The molecule has 67 valence electrons. The summed E-state index contributed by atoms with van der Waals surface area (Å²) in [5, 5.41) is 0. The predicted octanol–water partition coefficient (Wildman–Crippen LogP) is 1.45. The van der Waals surface area contributed by atoms with Gasteiger partial charge in [0.05, 0.1) is 0 Å². The molecule has 11 heavy (non-hydrogen) atoms. The van der Waals surface area contributed by atoms with Crippen LogP contribution >= 0.6 is 0 Å². The van der Waals surface area contributed by atoms with Crippen LogP contribution in [0.2, 0.25) is 0 Å². The molecule has 0 saturated heterocycles. The maximum atomic E-state index is 5.80. The van der Waals surface area contributed by atoms with E-state index in [0.29, 0.717) is 0 Å². The van der Waals surface area contributed by atoms with Gasteiger partial charge in [0.2, 0.25) is 0 Å². The van der Waals surface area contributed by atoms with Crippen LogP contribution in [0, 0.1) is 6.42 Å². The summed E-state index contributed by atoms with van der Waals surface area (Å²) in [7, 11) is 0. The highest BCUT2D eigenvalue weighted by Gasteiger charge is 2.04. The topological polar surface area (TPSA) is 52.0 Å². The number of rotatable bonds is 6. The van der Waals surface area contributed by atoms with Crippen LogP contribution in [0.15, 0.2) is 0 Å². The molecule has 0 amide bonds. The lowest BCUT2D eigenvalue weighted by molar-refractivity contribution is 0.534. The van der Waals surface area contributed by atoms with Crippen LogP contribution in [0.5, 0.6) is 0 Å². The molecule has 0 aromatic carbocycles. The van der Waals surface area contributed by atoms with E-state index in [1.165, 1.54) is 12.8 Å². The van der Waals surface area contributed by atoms with Gasteiger partial charge in [-0.2, -0.15) is 0 Å². The third kappa shape index (κ3) is 7.82. The average molecular weight is 157 g/mol. The Morgan fingerprint density at radius 1 is 1.36 bits per heavy atom. The van der Waals surface area contributed by atoms with Crippen LogP contribution in [0.1, 0.15) is 39.5 Å².